The summed E-state index contributed by atoms with van der Waals surface area (Å²) in [5.74, 6) is -0.0324. The molecule has 2 aromatic carbocycles. The average Bonchev–Trinajstić information content (AvgIpc) is 3.43. The van der Waals surface area contributed by atoms with Crippen LogP contribution in [0.5, 0.6) is 0 Å². The van der Waals surface area contributed by atoms with E-state index in [0.717, 1.165) is 54.6 Å². The standard InChI is InChI=1S/C37H50N2O2/c1-5-8-10-12-14-16-26-38-34(30-22-18-28(4)19-23-30)32-33(37(38)41)35(31-24-20-29(7-3)21-25-31)39(36(32)40)27-17-15-13-11-9-6-2/h18-25H,5-17,26-27H2,1-4H3. The van der Waals surface area contributed by atoms with E-state index < -0.39 is 0 Å². The zero-order chi connectivity index (χ0) is 29.2. The first-order valence-corrected chi connectivity index (χ1v) is 16.3. The van der Waals surface area contributed by atoms with E-state index >= 15 is 0 Å². The molecule has 220 valence electrons. The van der Waals surface area contributed by atoms with Crippen LogP contribution < -0.4 is 0 Å². The third-order valence-electron chi connectivity index (χ3n) is 8.61. The van der Waals surface area contributed by atoms with Gasteiger partial charge in [0.2, 0.25) is 0 Å². The summed E-state index contributed by atoms with van der Waals surface area (Å²) in [5, 5.41) is 0. The number of benzene rings is 2. The fraction of sp³-hybridized carbons (Fsp3) is 0.514. The molecule has 0 fully saturated rings. The Morgan fingerprint density at radius 2 is 0.902 bits per heavy atom. The Morgan fingerprint density at radius 3 is 1.32 bits per heavy atom. The van der Waals surface area contributed by atoms with Gasteiger partial charge in [-0.1, -0.05) is 139 Å². The van der Waals surface area contributed by atoms with Crippen molar-refractivity contribution in [2.24, 2.45) is 0 Å². The predicted octanol–water partition coefficient (Wildman–Crippen LogP) is 9.09. The zero-order valence-corrected chi connectivity index (χ0v) is 25.9. The van der Waals surface area contributed by atoms with Crippen LogP contribution in [-0.2, 0) is 16.0 Å². The lowest BCUT2D eigenvalue weighted by Crippen LogP contribution is -2.31. The molecule has 2 amide bonds. The van der Waals surface area contributed by atoms with Crippen LogP contribution in [0.4, 0.5) is 0 Å². The molecule has 0 saturated heterocycles. The predicted molar refractivity (Wildman–Crippen MR) is 171 cm³/mol. The van der Waals surface area contributed by atoms with Crippen molar-refractivity contribution in [1.82, 2.24) is 9.80 Å². The van der Waals surface area contributed by atoms with Gasteiger partial charge in [0.05, 0.1) is 22.5 Å². The van der Waals surface area contributed by atoms with E-state index in [0.29, 0.717) is 24.2 Å². The minimum Gasteiger partial charge on any atom is -0.307 e. The molecule has 0 saturated carbocycles. The third-order valence-corrected chi connectivity index (χ3v) is 8.61. The van der Waals surface area contributed by atoms with Gasteiger partial charge < -0.3 is 9.80 Å². The van der Waals surface area contributed by atoms with Crippen molar-refractivity contribution < 1.29 is 9.59 Å². The highest BCUT2D eigenvalue weighted by molar-refractivity contribution is 6.30. The number of fused-ring (bicyclic) bond motifs is 1. The minimum absolute atomic E-state index is 0.0162. The third kappa shape index (κ3) is 7.20. The quantitative estimate of drug-likeness (QED) is 0.183. The van der Waals surface area contributed by atoms with Gasteiger partial charge in [0, 0.05) is 13.1 Å². The van der Waals surface area contributed by atoms with Crippen LogP contribution in [-0.4, -0.2) is 34.7 Å². The van der Waals surface area contributed by atoms with Gasteiger partial charge in [-0.05, 0) is 42.9 Å². The Bertz CT molecular complexity index is 1240. The Balaban J connectivity index is 1.72. The Labute approximate surface area is 248 Å². The Morgan fingerprint density at radius 1 is 0.512 bits per heavy atom. The van der Waals surface area contributed by atoms with Gasteiger partial charge in [0.25, 0.3) is 11.8 Å². The van der Waals surface area contributed by atoms with E-state index in [1.807, 2.05) is 9.80 Å². The molecule has 0 bridgehead atoms. The molecular weight excluding hydrogens is 504 g/mol. The highest BCUT2D eigenvalue weighted by atomic mass is 16.2. The molecular formula is C37H50N2O2. The smallest absolute Gasteiger partial charge is 0.261 e. The maximum atomic E-state index is 14.3. The van der Waals surface area contributed by atoms with Crippen molar-refractivity contribution in [3.05, 3.63) is 81.9 Å². The summed E-state index contributed by atoms with van der Waals surface area (Å²) < 4.78 is 0. The van der Waals surface area contributed by atoms with Gasteiger partial charge in [0.1, 0.15) is 0 Å². The van der Waals surface area contributed by atoms with Gasteiger partial charge in [-0.2, -0.15) is 0 Å². The minimum atomic E-state index is -0.0162. The second kappa shape index (κ2) is 15.2. The van der Waals surface area contributed by atoms with Crippen LogP contribution >= 0.6 is 0 Å². The van der Waals surface area contributed by atoms with E-state index in [4.69, 9.17) is 0 Å². The fourth-order valence-corrected chi connectivity index (χ4v) is 6.13. The van der Waals surface area contributed by atoms with Crippen molar-refractivity contribution in [2.75, 3.05) is 13.1 Å². The first-order valence-electron chi connectivity index (χ1n) is 16.3. The number of rotatable bonds is 17. The SMILES string of the molecule is CCCCCCCCN1C(=O)C2=C(c3ccc(CC)cc3)N(CCCCCCCC)C(=O)C2=C1c1ccc(C)cc1. The lowest BCUT2D eigenvalue weighted by atomic mass is 10.0. The average molecular weight is 555 g/mol. The number of hydrogen-bond donors (Lipinski definition) is 0. The summed E-state index contributed by atoms with van der Waals surface area (Å²) in [6, 6.07) is 16.8. The first-order chi connectivity index (χ1) is 20.0. The monoisotopic (exact) mass is 554 g/mol. The summed E-state index contributed by atoms with van der Waals surface area (Å²) >= 11 is 0. The number of unbranched alkanes of at least 4 members (excludes halogenated alkanes) is 10. The van der Waals surface area contributed by atoms with E-state index in [-0.39, 0.29) is 11.8 Å². The molecule has 0 aromatic heterocycles. The van der Waals surface area contributed by atoms with Crippen molar-refractivity contribution in [3.63, 3.8) is 0 Å². The molecule has 4 rings (SSSR count). The summed E-state index contributed by atoms with van der Waals surface area (Å²) in [5.41, 5.74) is 7.15. The Hall–Kier alpha value is -3.14. The molecule has 2 aliphatic heterocycles. The van der Waals surface area contributed by atoms with Gasteiger partial charge >= 0.3 is 0 Å². The fourth-order valence-electron chi connectivity index (χ4n) is 6.13. The second-order valence-electron chi connectivity index (χ2n) is 11.8. The van der Waals surface area contributed by atoms with Crippen LogP contribution in [0.25, 0.3) is 11.4 Å². The van der Waals surface area contributed by atoms with Gasteiger partial charge in [-0.25, -0.2) is 0 Å². The molecule has 41 heavy (non-hydrogen) atoms. The lowest BCUT2D eigenvalue weighted by Gasteiger charge is -2.25. The number of nitrogens with zero attached hydrogens (tertiary/aromatic N) is 2. The van der Waals surface area contributed by atoms with Crippen LogP contribution in [0, 0.1) is 6.92 Å². The summed E-state index contributed by atoms with van der Waals surface area (Å²) in [4.78, 5) is 32.4. The van der Waals surface area contributed by atoms with E-state index in [9.17, 15) is 9.59 Å². The molecule has 2 aliphatic rings. The number of aryl methyl sites for hydroxylation is 2. The van der Waals surface area contributed by atoms with Crippen LogP contribution in [0.15, 0.2) is 59.7 Å². The van der Waals surface area contributed by atoms with E-state index in [1.165, 1.54) is 62.5 Å². The number of carbonyl (C=O) groups is 2. The van der Waals surface area contributed by atoms with Crippen LogP contribution in [0.1, 0.15) is 120 Å². The molecule has 0 atom stereocenters. The second-order valence-corrected chi connectivity index (χ2v) is 11.8. The molecule has 0 unspecified atom stereocenters. The van der Waals surface area contributed by atoms with E-state index in [2.05, 4.69) is 76.2 Å². The normalized spacial score (nSPS) is 15.1. The summed E-state index contributed by atoms with van der Waals surface area (Å²) in [6.07, 6.45) is 14.9. The largest absolute Gasteiger partial charge is 0.307 e. The van der Waals surface area contributed by atoms with Crippen LogP contribution in [0.2, 0.25) is 0 Å². The van der Waals surface area contributed by atoms with Crippen molar-refractivity contribution in [3.8, 4) is 0 Å². The molecule has 4 nitrogen and oxygen atoms in total. The maximum absolute atomic E-state index is 14.3. The van der Waals surface area contributed by atoms with Gasteiger partial charge in [0.15, 0.2) is 0 Å². The van der Waals surface area contributed by atoms with Gasteiger partial charge in [-0.15, -0.1) is 0 Å². The number of hydrogen-bond acceptors (Lipinski definition) is 2. The zero-order valence-electron chi connectivity index (χ0n) is 25.9. The highest BCUT2D eigenvalue weighted by Crippen LogP contribution is 2.46. The molecule has 2 aromatic rings. The number of amides is 2. The van der Waals surface area contributed by atoms with Crippen molar-refractivity contribution in [1.29, 1.82) is 0 Å². The first kappa shape index (κ1) is 30.8. The summed E-state index contributed by atoms with van der Waals surface area (Å²) in [6.45, 7) is 9.98. The highest BCUT2D eigenvalue weighted by Gasteiger charge is 2.48. The number of carbonyl (C=O) groups excluding carboxylic acids is 2. The van der Waals surface area contributed by atoms with E-state index in [1.54, 1.807) is 0 Å². The molecule has 0 aliphatic carbocycles. The van der Waals surface area contributed by atoms with Crippen molar-refractivity contribution in [2.45, 2.75) is 111 Å². The van der Waals surface area contributed by atoms with Crippen molar-refractivity contribution >= 4 is 23.2 Å². The molecule has 2 heterocycles. The molecule has 4 heteroatoms. The topological polar surface area (TPSA) is 40.6 Å². The van der Waals surface area contributed by atoms with Gasteiger partial charge in [-0.3, -0.25) is 9.59 Å². The summed E-state index contributed by atoms with van der Waals surface area (Å²) in [7, 11) is 0. The van der Waals surface area contributed by atoms with Crippen LogP contribution in [0.3, 0.4) is 0 Å². The Kier molecular flexibility index (Phi) is 11.4. The lowest BCUT2D eigenvalue weighted by molar-refractivity contribution is -0.124. The molecule has 0 radical (unpaired) electrons. The molecule has 0 N–H and O–H groups in total. The molecule has 0 spiro atoms. The maximum Gasteiger partial charge on any atom is 0.261 e.